The summed E-state index contributed by atoms with van der Waals surface area (Å²) in [5.41, 5.74) is 1.04. The van der Waals surface area contributed by atoms with Crippen LogP contribution in [0.5, 0.6) is 0 Å². The van der Waals surface area contributed by atoms with E-state index in [0.29, 0.717) is 11.4 Å². The molecule has 3 amide bonds. The smallest absolute Gasteiger partial charge is 0.347 e. The summed E-state index contributed by atoms with van der Waals surface area (Å²) in [7, 11) is -3.72. The lowest BCUT2D eigenvalue weighted by atomic mass is 10.2. The van der Waals surface area contributed by atoms with Crippen LogP contribution in [0.4, 0.5) is 10.5 Å². The lowest BCUT2D eigenvalue weighted by Crippen LogP contribution is -2.37. The number of nitrogens with one attached hydrogen (secondary N) is 2. The molecular formula is C11H12N4O4S. The third-order valence-corrected chi connectivity index (χ3v) is 3.48. The predicted molar refractivity (Wildman–Crippen MR) is 71.9 cm³/mol. The minimum absolute atomic E-state index is 0.00705. The number of rotatable bonds is 4. The highest BCUT2D eigenvalue weighted by molar-refractivity contribution is 7.89. The van der Waals surface area contributed by atoms with E-state index in [0.717, 1.165) is 0 Å². The van der Waals surface area contributed by atoms with Crippen molar-refractivity contribution in [3.63, 3.8) is 0 Å². The van der Waals surface area contributed by atoms with E-state index in [2.05, 4.69) is 15.6 Å². The monoisotopic (exact) mass is 296 g/mol. The summed E-state index contributed by atoms with van der Waals surface area (Å²) >= 11 is 0. The lowest BCUT2D eigenvalue weighted by molar-refractivity contribution is -0.118. The van der Waals surface area contributed by atoms with Gasteiger partial charge in [-0.1, -0.05) is 0 Å². The van der Waals surface area contributed by atoms with Crippen LogP contribution < -0.4 is 15.8 Å². The van der Waals surface area contributed by atoms with Gasteiger partial charge in [0.15, 0.2) is 0 Å². The summed E-state index contributed by atoms with van der Waals surface area (Å²) in [5, 5.41) is 9.97. The second-order valence-corrected chi connectivity index (χ2v) is 5.69. The van der Waals surface area contributed by atoms with Crippen LogP contribution in [-0.2, 0) is 14.8 Å². The first-order valence-corrected chi connectivity index (χ1v) is 7.16. The van der Waals surface area contributed by atoms with Crippen LogP contribution in [0.25, 0.3) is 0 Å². The number of sulfonamides is 1. The van der Waals surface area contributed by atoms with Crippen molar-refractivity contribution in [1.82, 2.24) is 5.32 Å². The molecule has 0 bridgehead atoms. The van der Waals surface area contributed by atoms with E-state index in [-0.39, 0.29) is 17.9 Å². The second-order valence-electron chi connectivity index (χ2n) is 4.13. The number of nitrogens with zero attached hydrogens (tertiary/aromatic N) is 1. The number of primary sulfonamides is 1. The minimum Gasteiger partial charge on any atom is -0.380 e. The van der Waals surface area contributed by atoms with Crippen LogP contribution in [0.1, 0.15) is 6.42 Å². The molecule has 0 spiro atoms. The molecule has 0 saturated carbocycles. The first-order chi connectivity index (χ1) is 9.34. The number of carbonyl (C=O) groups is 2. The number of benzene rings is 1. The molecule has 1 aliphatic rings. The Morgan fingerprint density at radius 3 is 2.45 bits per heavy atom. The van der Waals surface area contributed by atoms with Crippen molar-refractivity contribution in [3.05, 3.63) is 24.3 Å². The zero-order valence-corrected chi connectivity index (χ0v) is 11.1. The summed E-state index contributed by atoms with van der Waals surface area (Å²) in [6.45, 7) is 0.216. The summed E-state index contributed by atoms with van der Waals surface area (Å²) in [6.07, 6.45) is 0.0496. The molecule has 1 aliphatic heterocycles. The minimum atomic E-state index is -3.72. The standard InChI is InChI=1S/C11H12N4O4S/c12-20(18,19)9-3-1-7(2-4-9)13-6-8-5-10(16)15-11(17)14-8/h1-4,13H,5-6H2,(H2,12,18,19)(H,15,16,17). The fourth-order valence-corrected chi connectivity index (χ4v) is 2.14. The highest BCUT2D eigenvalue weighted by atomic mass is 32.2. The summed E-state index contributed by atoms with van der Waals surface area (Å²) in [6, 6.07) is 5.11. The van der Waals surface area contributed by atoms with Crippen molar-refractivity contribution in [3.8, 4) is 0 Å². The van der Waals surface area contributed by atoms with Gasteiger partial charge >= 0.3 is 6.03 Å². The van der Waals surface area contributed by atoms with E-state index in [1.165, 1.54) is 24.3 Å². The number of aliphatic imine (C=N–C) groups is 1. The SMILES string of the molecule is NS(=O)(=O)c1ccc(NCC2=NC(=O)NC(=O)C2)cc1. The Bertz CT molecular complexity index is 679. The maximum atomic E-state index is 11.1. The molecule has 0 saturated heterocycles. The van der Waals surface area contributed by atoms with Crippen LogP contribution in [0.2, 0.25) is 0 Å². The largest absolute Gasteiger partial charge is 0.380 e. The van der Waals surface area contributed by atoms with E-state index in [4.69, 9.17) is 5.14 Å². The average molecular weight is 296 g/mol. The highest BCUT2D eigenvalue weighted by Crippen LogP contribution is 2.12. The molecule has 9 heteroatoms. The summed E-state index contributed by atoms with van der Waals surface area (Å²) < 4.78 is 22.2. The molecule has 106 valence electrons. The third-order valence-electron chi connectivity index (χ3n) is 2.55. The fourth-order valence-electron chi connectivity index (χ4n) is 1.63. The third kappa shape index (κ3) is 3.62. The topological polar surface area (TPSA) is 131 Å². The molecule has 0 aliphatic carbocycles. The van der Waals surface area contributed by atoms with Gasteiger partial charge in [0.25, 0.3) is 0 Å². The zero-order valence-electron chi connectivity index (χ0n) is 10.3. The molecule has 20 heavy (non-hydrogen) atoms. The molecule has 1 aromatic carbocycles. The Hall–Kier alpha value is -2.26. The van der Waals surface area contributed by atoms with E-state index in [9.17, 15) is 18.0 Å². The highest BCUT2D eigenvalue weighted by Gasteiger charge is 2.17. The van der Waals surface area contributed by atoms with Gasteiger partial charge in [0, 0.05) is 5.69 Å². The number of imide groups is 1. The molecule has 0 radical (unpaired) electrons. The Morgan fingerprint density at radius 1 is 1.25 bits per heavy atom. The van der Waals surface area contributed by atoms with E-state index < -0.39 is 22.0 Å². The number of amides is 3. The van der Waals surface area contributed by atoms with Crippen LogP contribution in [0.3, 0.4) is 0 Å². The first-order valence-electron chi connectivity index (χ1n) is 5.61. The second kappa shape index (κ2) is 5.39. The molecule has 2 rings (SSSR count). The number of anilines is 1. The molecule has 0 atom stereocenters. The lowest BCUT2D eigenvalue weighted by Gasteiger charge is -2.12. The molecule has 1 aromatic rings. The quantitative estimate of drug-likeness (QED) is 0.709. The Morgan fingerprint density at radius 2 is 1.90 bits per heavy atom. The van der Waals surface area contributed by atoms with Gasteiger partial charge in [-0.2, -0.15) is 0 Å². The van der Waals surface area contributed by atoms with Crippen molar-refractivity contribution in [2.75, 3.05) is 11.9 Å². The van der Waals surface area contributed by atoms with E-state index in [1.807, 2.05) is 0 Å². The van der Waals surface area contributed by atoms with Crippen LogP contribution in [0, 0.1) is 0 Å². The van der Waals surface area contributed by atoms with E-state index in [1.54, 1.807) is 0 Å². The van der Waals surface area contributed by atoms with Crippen LogP contribution in [0.15, 0.2) is 34.2 Å². The van der Waals surface area contributed by atoms with Crippen LogP contribution in [-0.4, -0.2) is 32.6 Å². The number of nitrogens with two attached hydrogens (primary N) is 1. The van der Waals surface area contributed by atoms with Gasteiger partial charge in [-0.25, -0.2) is 23.3 Å². The van der Waals surface area contributed by atoms with Gasteiger partial charge in [-0.3, -0.25) is 10.1 Å². The normalized spacial score (nSPS) is 15.6. The predicted octanol–water partition coefficient (Wildman–Crippen LogP) is -0.173. The number of urea groups is 1. The van der Waals surface area contributed by atoms with Gasteiger partial charge in [-0.05, 0) is 24.3 Å². The van der Waals surface area contributed by atoms with Crippen molar-refractivity contribution < 1.29 is 18.0 Å². The maximum Gasteiger partial charge on any atom is 0.347 e. The maximum absolute atomic E-state index is 11.1. The van der Waals surface area contributed by atoms with Crippen molar-refractivity contribution >= 4 is 33.4 Å². The summed E-state index contributed by atoms with van der Waals surface area (Å²) in [5.74, 6) is -0.397. The van der Waals surface area contributed by atoms with Crippen molar-refractivity contribution in [2.24, 2.45) is 10.1 Å². The molecule has 0 fully saturated rings. The molecule has 8 nitrogen and oxygen atoms in total. The van der Waals surface area contributed by atoms with Gasteiger partial charge in [0.05, 0.1) is 23.6 Å². The van der Waals surface area contributed by atoms with E-state index >= 15 is 0 Å². The molecule has 0 aromatic heterocycles. The number of carbonyl (C=O) groups excluding carboxylic acids is 2. The van der Waals surface area contributed by atoms with Gasteiger partial charge in [0.2, 0.25) is 15.9 Å². The number of hydrogen-bond acceptors (Lipinski definition) is 5. The average Bonchev–Trinajstić information content (AvgIpc) is 2.35. The molecule has 0 unspecified atom stereocenters. The Labute approximate surface area is 115 Å². The molecule has 1 heterocycles. The molecular weight excluding hydrogens is 284 g/mol. The zero-order chi connectivity index (χ0) is 14.8. The van der Waals surface area contributed by atoms with Gasteiger partial charge < -0.3 is 5.32 Å². The Kier molecular flexibility index (Phi) is 3.81. The van der Waals surface area contributed by atoms with Crippen LogP contribution >= 0.6 is 0 Å². The Balaban J connectivity index is 2.01. The number of hydrogen-bond donors (Lipinski definition) is 3. The van der Waals surface area contributed by atoms with Crippen molar-refractivity contribution in [1.29, 1.82) is 0 Å². The van der Waals surface area contributed by atoms with Gasteiger partial charge in [0.1, 0.15) is 0 Å². The summed E-state index contributed by atoms with van der Waals surface area (Å²) in [4.78, 5) is 25.8. The fraction of sp³-hybridized carbons (Fsp3) is 0.182. The first kappa shape index (κ1) is 14.2. The van der Waals surface area contributed by atoms with Gasteiger partial charge in [-0.15, -0.1) is 0 Å². The molecule has 4 N–H and O–H groups in total. The van der Waals surface area contributed by atoms with Crippen molar-refractivity contribution in [2.45, 2.75) is 11.3 Å².